The second-order valence-corrected chi connectivity index (χ2v) is 7.61. The van der Waals surface area contributed by atoms with Crippen molar-refractivity contribution in [1.29, 1.82) is 0 Å². The van der Waals surface area contributed by atoms with Crippen molar-refractivity contribution < 1.29 is 28.4 Å². The van der Waals surface area contributed by atoms with Gasteiger partial charge >= 0.3 is 5.97 Å². The lowest BCUT2D eigenvalue weighted by Crippen LogP contribution is -3.11. The molecule has 0 bridgehead atoms. The summed E-state index contributed by atoms with van der Waals surface area (Å²) in [5.41, 5.74) is 1.44. The van der Waals surface area contributed by atoms with E-state index in [9.17, 15) is 18.8 Å². The maximum atomic E-state index is 13.2. The van der Waals surface area contributed by atoms with Gasteiger partial charge in [0.25, 0.3) is 11.8 Å². The number of anilines is 1. The molecule has 7 nitrogen and oxygen atoms in total. The van der Waals surface area contributed by atoms with Crippen molar-refractivity contribution in [1.82, 2.24) is 4.90 Å². The van der Waals surface area contributed by atoms with E-state index in [0.717, 1.165) is 0 Å². The van der Waals surface area contributed by atoms with Crippen LogP contribution < -0.4 is 10.2 Å². The molecule has 1 aromatic carbocycles. The molecule has 9 heteroatoms. The van der Waals surface area contributed by atoms with Gasteiger partial charge in [0.2, 0.25) is 0 Å². The van der Waals surface area contributed by atoms with Gasteiger partial charge in [-0.3, -0.25) is 9.59 Å². The molecule has 0 aliphatic rings. The zero-order valence-electron chi connectivity index (χ0n) is 16.9. The van der Waals surface area contributed by atoms with Crippen molar-refractivity contribution in [2.45, 2.75) is 6.92 Å². The number of rotatable bonds is 8. The van der Waals surface area contributed by atoms with Crippen LogP contribution in [-0.4, -0.2) is 63.5 Å². The van der Waals surface area contributed by atoms with Gasteiger partial charge in [-0.05, 0) is 24.6 Å². The molecule has 1 heterocycles. The Morgan fingerprint density at radius 1 is 1.17 bits per heavy atom. The predicted molar refractivity (Wildman–Crippen MR) is 110 cm³/mol. The molecule has 1 unspecified atom stereocenters. The second kappa shape index (κ2) is 10.1. The summed E-state index contributed by atoms with van der Waals surface area (Å²) in [7, 11) is 5.06. The Kier molecular flexibility index (Phi) is 7.86. The zero-order valence-corrected chi connectivity index (χ0v) is 17.7. The van der Waals surface area contributed by atoms with E-state index in [1.54, 1.807) is 45.6 Å². The molecule has 2 aromatic rings. The molecule has 156 valence electrons. The molecule has 0 spiro atoms. The molecule has 2 N–H and O–H groups in total. The van der Waals surface area contributed by atoms with Crippen LogP contribution in [0.5, 0.6) is 0 Å². The Morgan fingerprint density at radius 2 is 1.83 bits per heavy atom. The number of amides is 2. The van der Waals surface area contributed by atoms with Gasteiger partial charge in [-0.2, -0.15) is 0 Å². The molecule has 0 fully saturated rings. The van der Waals surface area contributed by atoms with E-state index in [-0.39, 0.29) is 42.9 Å². The van der Waals surface area contributed by atoms with Gasteiger partial charge in [0.15, 0.2) is 13.1 Å². The minimum atomic E-state index is -0.563. The number of halogens is 1. The number of nitrogens with one attached hydrogen (secondary N) is 2. The molecular formula is C20H25FN3O4S+. The van der Waals surface area contributed by atoms with Crippen LogP contribution in [0.4, 0.5) is 9.39 Å². The first-order chi connectivity index (χ1) is 13.7. The number of likely N-dealkylation sites (N-methyl/N-ethyl adjacent to an activating group) is 2. The van der Waals surface area contributed by atoms with E-state index in [4.69, 9.17) is 4.74 Å². The highest BCUT2D eigenvalue weighted by Crippen LogP contribution is 2.36. The number of carbonyl (C=O) groups is 3. The van der Waals surface area contributed by atoms with Crippen LogP contribution >= 0.6 is 11.3 Å². The fourth-order valence-corrected chi connectivity index (χ4v) is 3.59. The van der Waals surface area contributed by atoms with Gasteiger partial charge in [0.05, 0.1) is 13.7 Å². The highest BCUT2D eigenvalue weighted by Gasteiger charge is 2.24. The summed E-state index contributed by atoms with van der Waals surface area (Å²) in [6.45, 7) is 2.12. The van der Waals surface area contributed by atoms with Crippen LogP contribution in [0.25, 0.3) is 11.1 Å². The number of thiophene rings is 1. The van der Waals surface area contributed by atoms with Crippen molar-refractivity contribution in [2.75, 3.05) is 46.2 Å². The first kappa shape index (κ1) is 22.5. The molecule has 0 aliphatic carbocycles. The first-order valence-corrected chi connectivity index (χ1v) is 9.96. The lowest BCUT2D eigenvalue weighted by Gasteiger charge is -2.16. The average Bonchev–Trinajstić information content (AvgIpc) is 3.05. The maximum absolute atomic E-state index is 13.2. The Labute approximate surface area is 173 Å². The molecule has 2 amide bonds. The lowest BCUT2D eigenvalue weighted by atomic mass is 10.0. The van der Waals surface area contributed by atoms with E-state index in [1.807, 2.05) is 0 Å². The molecule has 0 saturated carbocycles. The molecule has 0 radical (unpaired) electrons. The van der Waals surface area contributed by atoms with E-state index < -0.39 is 5.97 Å². The third-order valence-corrected chi connectivity index (χ3v) is 4.99. The maximum Gasteiger partial charge on any atom is 0.341 e. The van der Waals surface area contributed by atoms with Crippen LogP contribution in [0.3, 0.4) is 0 Å². The number of benzene rings is 1. The van der Waals surface area contributed by atoms with Crippen LogP contribution in [-0.2, 0) is 14.3 Å². The van der Waals surface area contributed by atoms with E-state index in [0.29, 0.717) is 21.0 Å². The largest absolute Gasteiger partial charge is 0.462 e. The van der Waals surface area contributed by atoms with Gasteiger partial charge in [0, 0.05) is 25.0 Å². The van der Waals surface area contributed by atoms with Crippen LogP contribution in [0.2, 0.25) is 0 Å². The monoisotopic (exact) mass is 422 g/mol. The Bertz CT molecular complexity index is 880. The number of ether oxygens (including phenoxy) is 1. The highest BCUT2D eigenvalue weighted by molar-refractivity contribution is 7.15. The predicted octanol–water partition coefficient (Wildman–Crippen LogP) is 1.27. The van der Waals surface area contributed by atoms with Crippen LogP contribution in [0, 0.1) is 5.82 Å². The molecular weight excluding hydrogens is 397 g/mol. The van der Waals surface area contributed by atoms with E-state index >= 15 is 0 Å². The Morgan fingerprint density at radius 3 is 2.41 bits per heavy atom. The van der Waals surface area contributed by atoms with Crippen molar-refractivity contribution >= 4 is 34.1 Å². The third-order valence-electron chi connectivity index (χ3n) is 4.09. The first-order valence-electron chi connectivity index (χ1n) is 9.08. The normalized spacial score (nSPS) is 11.6. The fourth-order valence-electron chi connectivity index (χ4n) is 2.62. The van der Waals surface area contributed by atoms with Gasteiger partial charge in [-0.15, -0.1) is 11.3 Å². The van der Waals surface area contributed by atoms with Crippen molar-refractivity contribution in [2.24, 2.45) is 0 Å². The highest BCUT2D eigenvalue weighted by atomic mass is 32.1. The van der Waals surface area contributed by atoms with Crippen molar-refractivity contribution in [3.63, 3.8) is 0 Å². The summed E-state index contributed by atoms with van der Waals surface area (Å²) in [6, 6.07) is 5.74. The SMILES string of the molecule is CCOC(=O)c1c(-c2ccc(F)cc2)csc1NC(=O)C[NH+](C)CC(=O)N(C)C. The number of hydrogen-bond donors (Lipinski definition) is 2. The Balaban J connectivity index is 2.21. The number of esters is 1. The molecule has 1 atom stereocenters. The quantitative estimate of drug-likeness (QED) is 0.628. The summed E-state index contributed by atoms with van der Waals surface area (Å²) in [4.78, 5) is 38.9. The summed E-state index contributed by atoms with van der Waals surface area (Å²) in [6.07, 6.45) is 0. The smallest absolute Gasteiger partial charge is 0.341 e. The number of hydrogen-bond acceptors (Lipinski definition) is 5. The average molecular weight is 423 g/mol. The summed E-state index contributed by atoms with van der Waals surface area (Å²) in [5, 5.41) is 4.83. The van der Waals surface area contributed by atoms with Gasteiger partial charge in [-0.1, -0.05) is 12.1 Å². The minimum Gasteiger partial charge on any atom is -0.462 e. The van der Waals surface area contributed by atoms with Crippen molar-refractivity contribution in [3.8, 4) is 11.1 Å². The molecule has 0 aliphatic heterocycles. The topological polar surface area (TPSA) is 80.1 Å². The van der Waals surface area contributed by atoms with Gasteiger partial charge in [-0.25, -0.2) is 9.18 Å². The van der Waals surface area contributed by atoms with Gasteiger partial charge < -0.3 is 19.9 Å². The number of carbonyl (C=O) groups excluding carboxylic acids is 3. The van der Waals surface area contributed by atoms with E-state index in [2.05, 4.69) is 5.32 Å². The van der Waals surface area contributed by atoms with Gasteiger partial charge in [0.1, 0.15) is 16.4 Å². The number of quaternary nitrogens is 1. The zero-order chi connectivity index (χ0) is 21.6. The summed E-state index contributed by atoms with van der Waals surface area (Å²) < 4.78 is 18.4. The Hall–Kier alpha value is -2.78. The lowest BCUT2D eigenvalue weighted by molar-refractivity contribution is -0.862. The minimum absolute atomic E-state index is 0.0611. The van der Waals surface area contributed by atoms with Crippen molar-refractivity contribution in [3.05, 3.63) is 41.0 Å². The van der Waals surface area contributed by atoms with E-state index in [1.165, 1.54) is 28.4 Å². The molecule has 1 aromatic heterocycles. The van der Waals surface area contributed by atoms with Crippen LogP contribution in [0.15, 0.2) is 29.6 Å². The fraction of sp³-hybridized carbons (Fsp3) is 0.350. The summed E-state index contributed by atoms with van der Waals surface area (Å²) in [5.74, 6) is -1.36. The van der Waals surface area contributed by atoms with Crippen LogP contribution in [0.1, 0.15) is 17.3 Å². The second-order valence-electron chi connectivity index (χ2n) is 6.73. The molecule has 2 rings (SSSR count). The molecule has 0 saturated heterocycles. The molecule has 29 heavy (non-hydrogen) atoms. The number of nitrogens with zero attached hydrogens (tertiary/aromatic N) is 1. The standard InChI is InChI=1S/C20H24FN3O4S/c1-5-28-20(27)18-15(13-6-8-14(21)9-7-13)12-29-19(18)22-16(25)10-24(4)11-17(26)23(2)3/h6-9,12H,5,10-11H2,1-4H3,(H,22,25)/p+1. The third kappa shape index (κ3) is 6.10. The summed E-state index contributed by atoms with van der Waals surface area (Å²) >= 11 is 1.19.